The van der Waals surface area contributed by atoms with Crippen LogP contribution in [0.25, 0.3) is 0 Å². The van der Waals surface area contributed by atoms with Crippen LogP contribution in [0.5, 0.6) is 17.2 Å². The lowest BCUT2D eigenvalue weighted by atomic mass is 10.2. The van der Waals surface area contributed by atoms with Crippen LogP contribution in [0.3, 0.4) is 0 Å². The summed E-state index contributed by atoms with van der Waals surface area (Å²) in [4.78, 5) is 0. The molecule has 0 saturated carbocycles. The lowest BCUT2D eigenvalue weighted by Crippen LogP contribution is -1.71. The third-order valence-corrected chi connectivity index (χ3v) is 4.70. The molecule has 0 aliphatic rings. The summed E-state index contributed by atoms with van der Waals surface area (Å²) in [7, 11) is 0. The van der Waals surface area contributed by atoms with Crippen molar-refractivity contribution >= 4 is 34.8 Å². The van der Waals surface area contributed by atoms with Gasteiger partial charge in [0.2, 0.25) is 0 Å². The summed E-state index contributed by atoms with van der Waals surface area (Å²) in [5, 5.41) is 28.7. The second-order valence-electron chi connectivity index (χ2n) is 5.80. The smallest absolute Gasteiger partial charge is 0.115 e. The molecule has 0 aliphatic heterocycles. The number of rotatable bonds is 0. The van der Waals surface area contributed by atoms with Crippen molar-refractivity contribution in [3.8, 4) is 17.2 Å². The van der Waals surface area contributed by atoms with E-state index in [1.165, 1.54) is 0 Å². The summed E-state index contributed by atoms with van der Waals surface area (Å²) in [5.41, 5.74) is 2.70. The molecule has 144 valence electrons. The second-order valence-corrected chi connectivity index (χ2v) is 7.02. The first kappa shape index (κ1) is 23.0. The molecular weight excluding hydrogens is 407 g/mol. The Kier molecular flexibility index (Phi) is 9.30. The average Bonchev–Trinajstić information content (AvgIpc) is 2.60. The number of hydrogen-bond acceptors (Lipinski definition) is 3. The zero-order valence-electron chi connectivity index (χ0n) is 15.2. The van der Waals surface area contributed by atoms with Crippen LogP contribution in [0.2, 0.25) is 15.1 Å². The first-order valence-electron chi connectivity index (χ1n) is 7.95. The predicted molar refractivity (Wildman–Crippen MR) is 114 cm³/mol. The summed E-state index contributed by atoms with van der Waals surface area (Å²) in [6.07, 6.45) is 0. The van der Waals surface area contributed by atoms with E-state index >= 15 is 0 Å². The summed E-state index contributed by atoms with van der Waals surface area (Å²) in [5.74, 6) is 0.783. The molecular formula is C21H21Cl3O3. The average molecular weight is 428 g/mol. The molecule has 3 aromatic carbocycles. The molecule has 27 heavy (non-hydrogen) atoms. The van der Waals surface area contributed by atoms with E-state index in [9.17, 15) is 0 Å². The first-order valence-corrected chi connectivity index (χ1v) is 9.09. The molecule has 6 heteroatoms. The Hall–Kier alpha value is -2.07. The zero-order chi connectivity index (χ0) is 20.6. The fourth-order valence-electron chi connectivity index (χ4n) is 1.89. The van der Waals surface area contributed by atoms with Gasteiger partial charge < -0.3 is 15.3 Å². The van der Waals surface area contributed by atoms with E-state index in [0.29, 0.717) is 15.1 Å². The van der Waals surface area contributed by atoms with Gasteiger partial charge in [0.25, 0.3) is 0 Å². The van der Waals surface area contributed by atoms with Crippen LogP contribution >= 0.6 is 34.8 Å². The minimum atomic E-state index is 0.261. The monoisotopic (exact) mass is 426 g/mol. The van der Waals surface area contributed by atoms with Gasteiger partial charge in [-0.1, -0.05) is 34.8 Å². The molecule has 0 saturated heterocycles. The van der Waals surface area contributed by atoms with Crippen LogP contribution in [0.4, 0.5) is 0 Å². The Morgan fingerprint density at radius 2 is 0.704 bits per heavy atom. The SMILES string of the molecule is Cc1cc(O)ccc1Cl.Cc1cc(O)ccc1Cl.Cc1cc(O)ccc1Cl. The third kappa shape index (κ3) is 8.44. The predicted octanol–water partition coefficient (Wildman–Crippen LogP) is 7.06. The van der Waals surface area contributed by atoms with Crippen LogP contribution in [-0.4, -0.2) is 15.3 Å². The van der Waals surface area contributed by atoms with E-state index in [2.05, 4.69) is 0 Å². The molecule has 0 heterocycles. The van der Waals surface area contributed by atoms with Gasteiger partial charge in [-0.15, -0.1) is 0 Å². The highest BCUT2D eigenvalue weighted by atomic mass is 35.5. The van der Waals surface area contributed by atoms with Gasteiger partial charge in [0.05, 0.1) is 0 Å². The van der Waals surface area contributed by atoms with Crippen LogP contribution in [-0.2, 0) is 0 Å². The highest BCUT2D eigenvalue weighted by Crippen LogP contribution is 2.20. The molecule has 3 nitrogen and oxygen atoms in total. The highest BCUT2D eigenvalue weighted by Gasteiger charge is 1.94. The van der Waals surface area contributed by atoms with Crippen LogP contribution in [0.1, 0.15) is 16.7 Å². The summed E-state index contributed by atoms with van der Waals surface area (Å²) >= 11 is 17.0. The van der Waals surface area contributed by atoms with Gasteiger partial charge in [-0.3, -0.25) is 0 Å². The first-order chi connectivity index (χ1) is 12.6. The van der Waals surface area contributed by atoms with Crippen LogP contribution < -0.4 is 0 Å². The van der Waals surface area contributed by atoms with Crippen LogP contribution in [0.15, 0.2) is 54.6 Å². The van der Waals surface area contributed by atoms with E-state index in [4.69, 9.17) is 50.1 Å². The van der Waals surface area contributed by atoms with Crippen molar-refractivity contribution in [1.82, 2.24) is 0 Å². The Morgan fingerprint density at radius 3 is 0.852 bits per heavy atom. The Morgan fingerprint density at radius 1 is 0.481 bits per heavy atom. The normalized spacial score (nSPS) is 9.56. The third-order valence-electron chi connectivity index (χ3n) is 3.42. The molecule has 0 atom stereocenters. The fourth-order valence-corrected chi connectivity index (χ4v) is 2.24. The quantitative estimate of drug-likeness (QED) is 0.360. The van der Waals surface area contributed by atoms with E-state index in [1.54, 1.807) is 54.6 Å². The molecule has 0 spiro atoms. The lowest BCUT2D eigenvalue weighted by Gasteiger charge is -1.95. The molecule has 0 aromatic heterocycles. The van der Waals surface area contributed by atoms with Crippen molar-refractivity contribution in [2.24, 2.45) is 0 Å². The Balaban J connectivity index is 0.000000202. The standard InChI is InChI=1S/3C7H7ClO/c3*1-5-4-6(9)2-3-7(5)8/h3*2-4,9H,1H3. The Labute approximate surface area is 174 Å². The number of phenols is 3. The molecule has 0 unspecified atom stereocenters. The van der Waals surface area contributed by atoms with Gasteiger partial charge in [0, 0.05) is 15.1 Å². The Bertz CT molecular complexity index is 778. The maximum Gasteiger partial charge on any atom is 0.115 e. The molecule has 0 aliphatic carbocycles. The molecule has 3 aromatic rings. The zero-order valence-corrected chi connectivity index (χ0v) is 17.4. The van der Waals surface area contributed by atoms with E-state index in [-0.39, 0.29) is 17.2 Å². The number of aromatic hydroxyl groups is 3. The highest BCUT2D eigenvalue weighted by molar-refractivity contribution is 6.31. The molecule has 0 bridgehead atoms. The molecule has 3 N–H and O–H groups in total. The number of benzene rings is 3. The van der Waals surface area contributed by atoms with Crippen molar-refractivity contribution in [2.75, 3.05) is 0 Å². The van der Waals surface area contributed by atoms with Gasteiger partial charge in [-0.25, -0.2) is 0 Å². The van der Waals surface area contributed by atoms with Crippen molar-refractivity contribution in [1.29, 1.82) is 0 Å². The van der Waals surface area contributed by atoms with Gasteiger partial charge in [0.15, 0.2) is 0 Å². The van der Waals surface area contributed by atoms with Crippen molar-refractivity contribution in [3.05, 3.63) is 86.4 Å². The van der Waals surface area contributed by atoms with E-state index < -0.39 is 0 Å². The molecule has 0 radical (unpaired) electrons. The van der Waals surface area contributed by atoms with Crippen molar-refractivity contribution < 1.29 is 15.3 Å². The van der Waals surface area contributed by atoms with Gasteiger partial charge >= 0.3 is 0 Å². The van der Waals surface area contributed by atoms with Crippen molar-refractivity contribution in [3.63, 3.8) is 0 Å². The largest absolute Gasteiger partial charge is 0.508 e. The number of aryl methyl sites for hydroxylation is 3. The maximum absolute atomic E-state index is 8.88. The maximum atomic E-state index is 8.88. The van der Waals surface area contributed by atoms with Gasteiger partial charge in [-0.2, -0.15) is 0 Å². The lowest BCUT2D eigenvalue weighted by molar-refractivity contribution is 0.474. The minimum Gasteiger partial charge on any atom is -0.508 e. The number of hydrogen-bond donors (Lipinski definition) is 3. The second kappa shape index (κ2) is 10.9. The van der Waals surface area contributed by atoms with Crippen molar-refractivity contribution in [2.45, 2.75) is 20.8 Å². The molecule has 0 fully saturated rings. The topological polar surface area (TPSA) is 60.7 Å². The number of halogens is 3. The van der Waals surface area contributed by atoms with Crippen LogP contribution in [0, 0.1) is 20.8 Å². The minimum absolute atomic E-state index is 0.261. The summed E-state index contributed by atoms with van der Waals surface area (Å²) in [6, 6.07) is 14.6. The van der Waals surface area contributed by atoms with E-state index in [0.717, 1.165) is 16.7 Å². The van der Waals surface area contributed by atoms with E-state index in [1.807, 2.05) is 20.8 Å². The fraction of sp³-hybridized carbons (Fsp3) is 0.143. The summed E-state index contributed by atoms with van der Waals surface area (Å²) < 4.78 is 0. The summed E-state index contributed by atoms with van der Waals surface area (Å²) in [6.45, 7) is 5.55. The molecule has 3 rings (SSSR count). The molecule has 0 amide bonds. The number of phenolic OH excluding ortho intramolecular Hbond substituents is 3. The van der Waals surface area contributed by atoms with Gasteiger partial charge in [0.1, 0.15) is 17.2 Å². The van der Waals surface area contributed by atoms with Gasteiger partial charge in [-0.05, 0) is 92.1 Å².